The second kappa shape index (κ2) is 8.78. The zero-order chi connectivity index (χ0) is 26.7. The first-order valence-corrected chi connectivity index (χ1v) is 13.0. The summed E-state index contributed by atoms with van der Waals surface area (Å²) < 4.78 is 19.8. The lowest BCUT2D eigenvalue weighted by Crippen LogP contribution is -2.56. The second-order valence-corrected chi connectivity index (χ2v) is 10.6. The normalized spacial score (nSPS) is 18.8. The number of hydrogen-bond donors (Lipinski definition) is 3. The number of ether oxygens (including phenoxy) is 1. The van der Waals surface area contributed by atoms with Gasteiger partial charge in [0.05, 0.1) is 36.4 Å². The van der Waals surface area contributed by atoms with E-state index in [0.29, 0.717) is 5.75 Å². The number of aromatic nitrogens is 5. The lowest BCUT2D eigenvalue weighted by Gasteiger charge is -2.37. The Bertz CT molecular complexity index is 1750. The van der Waals surface area contributed by atoms with Crippen LogP contribution >= 0.6 is 0 Å². The van der Waals surface area contributed by atoms with Gasteiger partial charge in [-0.15, -0.1) is 0 Å². The molecule has 1 fully saturated rings. The van der Waals surface area contributed by atoms with Gasteiger partial charge in [-0.2, -0.15) is 5.10 Å². The average Bonchev–Trinajstić information content (AvgIpc) is 3.55. The maximum absolute atomic E-state index is 14.5. The summed E-state index contributed by atoms with van der Waals surface area (Å²) >= 11 is 0. The number of hydrogen-bond acceptors (Lipinski definition) is 6. The molecule has 0 spiro atoms. The molecule has 0 bridgehead atoms. The minimum atomic E-state index is -0.430. The molecular weight excluding hydrogens is 493 g/mol. The van der Waals surface area contributed by atoms with Gasteiger partial charge in [0.15, 0.2) is 0 Å². The van der Waals surface area contributed by atoms with Gasteiger partial charge in [0, 0.05) is 47.3 Å². The van der Waals surface area contributed by atoms with Gasteiger partial charge in [-0.25, -0.2) is 9.37 Å². The van der Waals surface area contributed by atoms with Gasteiger partial charge < -0.3 is 20.4 Å². The topological polar surface area (TPSA) is 109 Å². The summed E-state index contributed by atoms with van der Waals surface area (Å²) in [5.41, 5.74) is 12.8. The first-order chi connectivity index (χ1) is 18.9. The van der Waals surface area contributed by atoms with E-state index in [1.165, 1.54) is 6.07 Å². The molecule has 2 aliphatic rings. The molecule has 1 atom stereocenters. The molecule has 2 aromatic carbocycles. The van der Waals surface area contributed by atoms with Crippen molar-refractivity contribution in [3.05, 3.63) is 83.6 Å². The van der Waals surface area contributed by atoms with Crippen LogP contribution in [0.15, 0.2) is 60.9 Å². The highest BCUT2D eigenvalue weighted by molar-refractivity contribution is 5.95. The fourth-order valence-electron chi connectivity index (χ4n) is 5.71. The Kier molecular flexibility index (Phi) is 5.31. The second-order valence-electron chi connectivity index (χ2n) is 10.6. The molecule has 5 aromatic rings. The molecule has 196 valence electrons. The number of fused-ring (bicyclic) bond motifs is 2. The van der Waals surface area contributed by atoms with Crippen molar-refractivity contribution in [1.82, 2.24) is 25.1 Å². The van der Waals surface area contributed by atoms with Gasteiger partial charge in [-0.1, -0.05) is 19.1 Å². The molecule has 0 saturated carbocycles. The zero-order valence-electron chi connectivity index (χ0n) is 21.7. The predicted molar refractivity (Wildman–Crippen MR) is 150 cm³/mol. The van der Waals surface area contributed by atoms with Crippen LogP contribution in [0, 0.1) is 5.82 Å². The lowest BCUT2D eigenvalue weighted by atomic mass is 9.71. The fraction of sp³-hybridized carbons (Fsp3) is 0.233. The molecule has 8 nitrogen and oxygen atoms in total. The van der Waals surface area contributed by atoms with E-state index in [0.717, 1.165) is 75.7 Å². The number of rotatable bonds is 5. The quantitative estimate of drug-likeness (QED) is 0.299. The van der Waals surface area contributed by atoms with E-state index in [1.54, 1.807) is 25.6 Å². The highest BCUT2D eigenvalue weighted by Gasteiger charge is 2.35. The van der Waals surface area contributed by atoms with Crippen LogP contribution in [0.5, 0.6) is 5.75 Å². The number of anilines is 1. The summed E-state index contributed by atoms with van der Waals surface area (Å²) in [4.78, 5) is 15.0. The highest BCUT2D eigenvalue weighted by atomic mass is 19.1. The average molecular weight is 522 g/mol. The minimum absolute atomic E-state index is 0.187. The summed E-state index contributed by atoms with van der Waals surface area (Å²) in [5, 5.41) is 8.80. The van der Waals surface area contributed by atoms with E-state index < -0.39 is 5.41 Å². The molecule has 3 aromatic heterocycles. The van der Waals surface area contributed by atoms with Crippen molar-refractivity contribution in [3.63, 3.8) is 0 Å². The largest absolute Gasteiger partial charge is 0.497 e. The highest BCUT2D eigenvalue weighted by Crippen LogP contribution is 2.44. The SMILES string of the molecule is COc1cc(F)cc(C2(C)CC=Cc3[nH]c(-c4n[nH]c5ccc(-c6cncc(N7CC(N)C7)n6)cc45)cc32)c1. The van der Waals surface area contributed by atoms with Crippen LogP contribution in [0.25, 0.3) is 39.6 Å². The molecule has 1 unspecified atom stereocenters. The van der Waals surface area contributed by atoms with Crippen molar-refractivity contribution >= 4 is 22.8 Å². The maximum Gasteiger partial charge on any atom is 0.147 e. The molecule has 1 saturated heterocycles. The molecule has 0 radical (unpaired) electrons. The van der Waals surface area contributed by atoms with E-state index >= 15 is 0 Å². The number of nitrogens with zero attached hydrogens (tertiary/aromatic N) is 4. The Morgan fingerprint density at radius 1 is 1.13 bits per heavy atom. The number of aromatic amines is 2. The maximum atomic E-state index is 14.5. The van der Waals surface area contributed by atoms with E-state index in [4.69, 9.17) is 15.5 Å². The third-order valence-electron chi connectivity index (χ3n) is 7.97. The number of H-pyrrole nitrogens is 2. The first-order valence-electron chi connectivity index (χ1n) is 13.0. The Labute approximate surface area is 224 Å². The van der Waals surface area contributed by atoms with Crippen LogP contribution in [0.1, 0.15) is 30.2 Å². The molecule has 9 heteroatoms. The molecule has 7 rings (SSSR count). The van der Waals surface area contributed by atoms with Crippen molar-refractivity contribution in [3.8, 4) is 28.4 Å². The summed E-state index contributed by atoms with van der Waals surface area (Å²) in [6.07, 6.45) is 8.50. The Hall–Kier alpha value is -4.50. The predicted octanol–water partition coefficient (Wildman–Crippen LogP) is 5.03. The standard InChI is InChI=1S/C30H28FN7O/c1-30(18-9-19(31)11-21(10-18)39-2)7-3-4-25-23(30)12-26(34-25)29-22-8-17(5-6-24(22)36-37-29)27-13-33-14-28(35-27)38-15-20(32)16-38/h3-6,8-14,20,34H,7,15-16,32H2,1-2H3,(H,36,37). The van der Waals surface area contributed by atoms with Gasteiger partial charge in [-0.3, -0.25) is 10.1 Å². The van der Waals surface area contributed by atoms with Crippen LogP contribution in [0.2, 0.25) is 0 Å². The summed E-state index contributed by atoms with van der Waals surface area (Å²) in [6, 6.07) is 13.4. The van der Waals surface area contributed by atoms with Gasteiger partial charge in [0.2, 0.25) is 0 Å². The van der Waals surface area contributed by atoms with Gasteiger partial charge >= 0.3 is 0 Å². The smallest absolute Gasteiger partial charge is 0.147 e. The Balaban J connectivity index is 1.29. The number of allylic oxidation sites excluding steroid dienone is 1. The molecule has 1 aliphatic carbocycles. The summed E-state index contributed by atoms with van der Waals surface area (Å²) in [6.45, 7) is 3.71. The minimum Gasteiger partial charge on any atom is -0.497 e. The van der Waals surface area contributed by atoms with Crippen molar-refractivity contribution in [1.29, 1.82) is 0 Å². The third kappa shape index (κ3) is 3.88. The molecule has 4 heterocycles. The van der Waals surface area contributed by atoms with E-state index in [2.05, 4.69) is 56.3 Å². The van der Waals surface area contributed by atoms with Crippen LogP contribution in [0.4, 0.5) is 10.2 Å². The number of methoxy groups -OCH3 is 1. The monoisotopic (exact) mass is 521 g/mol. The summed E-state index contributed by atoms with van der Waals surface area (Å²) in [5.74, 6) is 1.03. The third-order valence-corrected chi connectivity index (χ3v) is 7.97. The van der Waals surface area contributed by atoms with Gasteiger partial charge in [0.1, 0.15) is 23.1 Å². The molecule has 39 heavy (non-hydrogen) atoms. The van der Waals surface area contributed by atoms with Crippen LogP contribution in [-0.2, 0) is 5.41 Å². The molecular formula is C30H28FN7O. The molecule has 0 amide bonds. The number of nitrogens with two attached hydrogens (primary N) is 1. The van der Waals surface area contributed by atoms with Crippen molar-refractivity contribution < 1.29 is 9.13 Å². The van der Waals surface area contributed by atoms with Crippen molar-refractivity contribution in [2.24, 2.45) is 5.73 Å². The van der Waals surface area contributed by atoms with Crippen molar-refractivity contribution in [2.75, 3.05) is 25.1 Å². The Morgan fingerprint density at radius 3 is 2.82 bits per heavy atom. The van der Waals surface area contributed by atoms with E-state index in [1.807, 2.05) is 18.2 Å². The number of benzene rings is 2. The van der Waals surface area contributed by atoms with Gasteiger partial charge in [0.25, 0.3) is 0 Å². The van der Waals surface area contributed by atoms with Crippen LogP contribution in [-0.4, -0.2) is 51.4 Å². The number of halogens is 1. The van der Waals surface area contributed by atoms with Crippen molar-refractivity contribution in [2.45, 2.75) is 24.8 Å². The molecule has 1 aliphatic heterocycles. The van der Waals surface area contributed by atoms with E-state index in [9.17, 15) is 4.39 Å². The Morgan fingerprint density at radius 2 is 2.00 bits per heavy atom. The fourth-order valence-corrected chi connectivity index (χ4v) is 5.71. The molecule has 4 N–H and O–H groups in total. The van der Waals surface area contributed by atoms with E-state index in [-0.39, 0.29) is 11.9 Å². The van der Waals surface area contributed by atoms with Gasteiger partial charge in [-0.05, 0) is 54.0 Å². The number of nitrogens with one attached hydrogen (secondary N) is 2. The lowest BCUT2D eigenvalue weighted by molar-refractivity contribution is 0.408. The first kappa shape index (κ1) is 23.6. The summed E-state index contributed by atoms with van der Waals surface area (Å²) in [7, 11) is 1.56. The zero-order valence-corrected chi connectivity index (χ0v) is 21.7. The van der Waals surface area contributed by atoms with Crippen LogP contribution in [0.3, 0.4) is 0 Å². The van der Waals surface area contributed by atoms with Crippen LogP contribution < -0.4 is 15.4 Å².